The van der Waals surface area contributed by atoms with Gasteiger partial charge in [0.1, 0.15) is 5.69 Å². The number of nitrogens with zero attached hydrogens (tertiary/aromatic N) is 2. The molecule has 17 heavy (non-hydrogen) atoms. The Bertz CT molecular complexity index is 404. The molecular formula is C11H16N4OS. The molecule has 92 valence electrons. The summed E-state index contributed by atoms with van der Waals surface area (Å²) in [5, 5.41) is 15.0. The summed E-state index contributed by atoms with van der Waals surface area (Å²) in [6, 6.07) is 4.37. The Morgan fingerprint density at radius 1 is 1.71 bits per heavy atom. The highest BCUT2D eigenvalue weighted by molar-refractivity contribution is 7.99. The van der Waals surface area contributed by atoms with Crippen LogP contribution in [0.4, 0.5) is 0 Å². The fraction of sp³-hybridized carbons (Fsp3) is 0.455. The predicted molar refractivity (Wildman–Crippen MR) is 69.3 cm³/mol. The van der Waals surface area contributed by atoms with E-state index >= 15 is 0 Å². The SMILES string of the molecule is N/C(=N/O)c1cc(CNC2CCSC2)ccn1. The van der Waals surface area contributed by atoms with Crippen LogP contribution in [0.25, 0.3) is 0 Å². The molecule has 0 amide bonds. The van der Waals surface area contributed by atoms with Crippen LogP contribution >= 0.6 is 11.8 Å². The van der Waals surface area contributed by atoms with E-state index in [9.17, 15) is 0 Å². The minimum absolute atomic E-state index is 0.0447. The number of hydrogen-bond donors (Lipinski definition) is 3. The Balaban J connectivity index is 1.96. The van der Waals surface area contributed by atoms with Crippen molar-refractivity contribution in [1.29, 1.82) is 0 Å². The topological polar surface area (TPSA) is 83.5 Å². The van der Waals surface area contributed by atoms with Crippen LogP contribution in [0.15, 0.2) is 23.5 Å². The van der Waals surface area contributed by atoms with Gasteiger partial charge in [0.15, 0.2) is 5.84 Å². The predicted octanol–water partition coefficient (Wildman–Crippen LogP) is 0.771. The van der Waals surface area contributed by atoms with Gasteiger partial charge in [-0.2, -0.15) is 11.8 Å². The van der Waals surface area contributed by atoms with Gasteiger partial charge >= 0.3 is 0 Å². The molecule has 1 aliphatic rings. The first-order valence-electron chi connectivity index (χ1n) is 5.53. The van der Waals surface area contributed by atoms with Gasteiger partial charge in [-0.3, -0.25) is 4.98 Å². The second kappa shape index (κ2) is 5.88. The normalized spacial score (nSPS) is 20.7. The molecule has 1 unspecified atom stereocenters. The van der Waals surface area contributed by atoms with E-state index in [0.29, 0.717) is 11.7 Å². The second-order valence-electron chi connectivity index (χ2n) is 3.98. The number of aromatic nitrogens is 1. The highest BCUT2D eigenvalue weighted by Crippen LogP contribution is 2.17. The fourth-order valence-electron chi connectivity index (χ4n) is 1.73. The van der Waals surface area contributed by atoms with Crippen molar-refractivity contribution < 1.29 is 5.21 Å². The summed E-state index contributed by atoms with van der Waals surface area (Å²) in [7, 11) is 0. The Kier molecular flexibility index (Phi) is 4.22. The maximum Gasteiger partial charge on any atom is 0.188 e. The van der Waals surface area contributed by atoms with Crippen LogP contribution in [0.1, 0.15) is 17.7 Å². The molecular weight excluding hydrogens is 236 g/mol. The van der Waals surface area contributed by atoms with Gasteiger partial charge in [-0.25, -0.2) is 0 Å². The molecule has 1 aliphatic heterocycles. The standard InChI is InChI=1S/C11H16N4OS/c12-11(15-16)10-5-8(1-3-13-10)6-14-9-2-4-17-7-9/h1,3,5,9,14,16H,2,4,6-7H2,(H2,12,15). The van der Waals surface area contributed by atoms with Crippen LogP contribution in [-0.2, 0) is 6.54 Å². The van der Waals surface area contributed by atoms with Gasteiger partial charge in [0.05, 0.1) is 0 Å². The molecule has 2 heterocycles. The third-order valence-corrected chi connectivity index (χ3v) is 3.88. The average Bonchev–Trinajstić information content (AvgIpc) is 2.89. The molecule has 5 nitrogen and oxygen atoms in total. The van der Waals surface area contributed by atoms with Gasteiger partial charge in [-0.15, -0.1) is 0 Å². The summed E-state index contributed by atoms with van der Waals surface area (Å²) in [5.41, 5.74) is 7.10. The number of nitrogens with one attached hydrogen (secondary N) is 1. The fourth-order valence-corrected chi connectivity index (χ4v) is 2.92. The summed E-state index contributed by atoms with van der Waals surface area (Å²) >= 11 is 1.98. The van der Waals surface area contributed by atoms with Crippen molar-refractivity contribution in [2.45, 2.75) is 19.0 Å². The van der Waals surface area contributed by atoms with Crippen LogP contribution < -0.4 is 11.1 Å². The van der Waals surface area contributed by atoms with E-state index in [-0.39, 0.29) is 5.84 Å². The number of nitrogens with two attached hydrogens (primary N) is 1. The van der Waals surface area contributed by atoms with E-state index in [1.807, 2.05) is 23.9 Å². The number of pyridine rings is 1. The van der Waals surface area contributed by atoms with Crippen molar-refractivity contribution in [3.05, 3.63) is 29.6 Å². The molecule has 0 aliphatic carbocycles. The van der Waals surface area contributed by atoms with E-state index in [1.165, 1.54) is 17.9 Å². The molecule has 0 bridgehead atoms. The van der Waals surface area contributed by atoms with Crippen molar-refractivity contribution in [2.24, 2.45) is 10.9 Å². The van der Waals surface area contributed by atoms with Gasteiger partial charge in [0.25, 0.3) is 0 Å². The number of rotatable bonds is 4. The first-order valence-corrected chi connectivity index (χ1v) is 6.69. The molecule has 1 fully saturated rings. The zero-order chi connectivity index (χ0) is 12.1. The highest BCUT2D eigenvalue weighted by Gasteiger charge is 2.14. The van der Waals surface area contributed by atoms with Crippen LogP contribution in [-0.4, -0.2) is 33.6 Å². The summed E-state index contributed by atoms with van der Waals surface area (Å²) in [6.45, 7) is 0.791. The van der Waals surface area contributed by atoms with E-state index in [0.717, 1.165) is 12.1 Å². The zero-order valence-electron chi connectivity index (χ0n) is 9.47. The van der Waals surface area contributed by atoms with Crippen LogP contribution in [0.2, 0.25) is 0 Å². The van der Waals surface area contributed by atoms with E-state index in [4.69, 9.17) is 10.9 Å². The smallest absolute Gasteiger partial charge is 0.188 e. The minimum Gasteiger partial charge on any atom is -0.409 e. The Morgan fingerprint density at radius 3 is 3.29 bits per heavy atom. The van der Waals surface area contributed by atoms with Crippen molar-refractivity contribution in [2.75, 3.05) is 11.5 Å². The first kappa shape index (κ1) is 12.2. The van der Waals surface area contributed by atoms with E-state index in [1.54, 1.807) is 6.20 Å². The molecule has 0 saturated carbocycles. The minimum atomic E-state index is 0.0447. The van der Waals surface area contributed by atoms with Crippen LogP contribution in [0.5, 0.6) is 0 Å². The molecule has 1 aromatic heterocycles. The Labute approximate surface area is 104 Å². The Hall–Kier alpha value is -1.27. The highest BCUT2D eigenvalue weighted by atomic mass is 32.2. The molecule has 1 saturated heterocycles. The number of thioether (sulfide) groups is 1. The van der Waals surface area contributed by atoms with E-state index < -0.39 is 0 Å². The summed E-state index contributed by atoms with van der Waals surface area (Å²) in [4.78, 5) is 4.04. The summed E-state index contributed by atoms with van der Waals surface area (Å²) in [5.74, 6) is 2.46. The molecule has 4 N–H and O–H groups in total. The second-order valence-corrected chi connectivity index (χ2v) is 5.13. The van der Waals surface area contributed by atoms with Crippen molar-refractivity contribution in [1.82, 2.24) is 10.3 Å². The van der Waals surface area contributed by atoms with Crippen molar-refractivity contribution >= 4 is 17.6 Å². The number of amidine groups is 1. The monoisotopic (exact) mass is 252 g/mol. The lowest BCUT2D eigenvalue weighted by Crippen LogP contribution is -2.28. The third-order valence-electron chi connectivity index (χ3n) is 2.72. The van der Waals surface area contributed by atoms with Crippen molar-refractivity contribution in [3.63, 3.8) is 0 Å². The number of oxime groups is 1. The molecule has 0 spiro atoms. The molecule has 6 heteroatoms. The van der Waals surface area contributed by atoms with Crippen molar-refractivity contribution in [3.8, 4) is 0 Å². The quantitative estimate of drug-likeness (QED) is 0.319. The molecule has 0 radical (unpaired) electrons. The molecule has 1 atom stereocenters. The van der Waals surface area contributed by atoms with Gasteiger partial charge in [0.2, 0.25) is 0 Å². The van der Waals surface area contributed by atoms with Gasteiger partial charge in [-0.1, -0.05) is 5.16 Å². The molecule has 2 rings (SSSR count). The van der Waals surface area contributed by atoms with Gasteiger partial charge < -0.3 is 16.3 Å². The lowest BCUT2D eigenvalue weighted by molar-refractivity contribution is 0.318. The zero-order valence-corrected chi connectivity index (χ0v) is 10.3. The summed E-state index contributed by atoms with van der Waals surface area (Å²) < 4.78 is 0. The van der Waals surface area contributed by atoms with Crippen LogP contribution in [0, 0.1) is 0 Å². The lowest BCUT2D eigenvalue weighted by Gasteiger charge is -2.11. The van der Waals surface area contributed by atoms with Gasteiger partial charge in [-0.05, 0) is 29.9 Å². The first-order chi connectivity index (χ1) is 8.29. The third kappa shape index (κ3) is 3.34. The maximum atomic E-state index is 8.59. The van der Waals surface area contributed by atoms with E-state index in [2.05, 4.69) is 15.5 Å². The maximum absolute atomic E-state index is 8.59. The largest absolute Gasteiger partial charge is 0.409 e. The van der Waals surface area contributed by atoms with Crippen LogP contribution in [0.3, 0.4) is 0 Å². The summed E-state index contributed by atoms with van der Waals surface area (Å²) in [6.07, 6.45) is 2.90. The van der Waals surface area contributed by atoms with Gasteiger partial charge in [0, 0.05) is 24.5 Å². The number of hydrogen-bond acceptors (Lipinski definition) is 5. The lowest BCUT2D eigenvalue weighted by atomic mass is 10.2. The molecule has 0 aromatic carbocycles. The average molecular weight is 252 g/mol. The molecule has 1 aromatic rings. The Morgan fingerprint density at radius 2 is 2.59 bits per heavy atom.